The second-order valence-corrected chi connectivity index (χ2v) is 14.4. The van der Waals surface area contributed by atoms with Crippen LogP contribution in [0.5, 0.6) is 6.01 Å². The summed E-state index contributed by atoms with van der Waals surface area (Å²) in [6, 6.07) is 2.85. The normalized spacial score (nSPS) is 23.3. The van der Waals surface area contributed by atoms with E-state index in [1.54, 1.807) is 0 Å². The third kappa shape index (κ3) is 6.14. The fourth-order valence-electron chi connectivity index (χ4n) is 8.25. The van der Waals surface area contributed by atoms with Crippen molar-refractivity contribution in [1.29, 1.82) is 0 Å². The Morgan fingerprint density at radius 2 is 2.00 bits per heavy atom. The van der Waals surface area contributed by atoms with Crippen molar-refractivity contribution in [3.63, 3.8) is 0 Å². The van der Waals surface area contributed by atoms with Gasteiger partial charge in [0.05, 0.1) is 47.4 Å². The zero-order valence-electron chi connectivity index (χ0n) is 28.4. The number of rotatable bonds is 7. The lowest BCUT2D eigenvalue weighted by Gasteiger charge is -2.33. The highest BCUT2D eigenvalue weighted by Crippen LogP contribution is 2.45. The van der Waals surface area contributed by atoms with Gasteiger partial charge >= 0.3 is 12.2 Å². The molecule has 2 N–H and O–H groups in total. The van der Waals surface area contributed by atoms with Gasteiger partial charge in [-0.05, 0) is 64.1 Å². The maximum absolute atomic E-state index is 15.7. The Kier molecular flexibility index (Phi) is 8.33. The lowest BCUT2D eigenvalue weighted by atomic mass is 9.91. The van der Waals surface area contributed by atoms with E-state index in [1.807, 2.05) is 10.7 Å². The molecule has 2 saturated heterocycles. The number of nitrogen functional groups attached to an aromatic ring is 1. The summed E-state index contributed by atoms with van der Waals surface area (Å²) in [5.74, 6) is 4.36. The van der Waals surface area contributed by atoms with Crippen molar-refractivity contribution in [2.75, 3.05) is 36.9 Å². The molecule has 6 heterocycles. The molecular formula is C37H39F4N7O3. The first-order chi connectivity index (χ1) is 24.4. The van der Waals surface area contributed by atoms with Gasteiger partial charge in [0.25, 0.3) is 0 Å². The third-order valence-corrected chi connectivity index (χ3v) is 10.8. The van der Waals surface area contributed by atoms with Gasteiger partial charge in [0.1, 0.15) is 18.1 Å². The number of benzene rings is 1. The van der Waals surface area contributed by atoms with Crippen LogP contribution in [0.25, 0.3) is 0 Å². The van der Waals surface area contributed by atoms with Gasteiger partial charge in [-0.25, -0.2) is 4.39 Å². The molecule has 5 aliphatic rings. The quantitative estimate of drug-likeness (QED) is 0.108. The van der Waals surface area contributed by atoms with E-state index < -0.39 is 40.5 Å². The fraction of sp³-hybridized carbons (Fsp3) is 0.514. The third-order valence-electron chi connectivity index (χ3n) is 10.8. The van der Waals surface area contributed by atoms with Crippen LogP contribution in [0.4, 0.5) is 29.1 Å². The van der Waals surface area contributed by atoms with Crippen LogP contribution in [-0.2, 0) is 37.0 Å². The summed E-state index contributed by atoms with van der Waals surface area (Å²) in [5, 5.41) is 4.62. The van der Waals surface area contributed by atoms with Crippen molar-refractivity contribution in [3.8, 4) is 17.9 Å². The fourth-order valence-corrected chi connectivity index (χ4v) is 8.25. The molecule has 0 bridgehead atoms. The Balaban J connectivity index is 1.18. The monoisotopic (exact) mass is 705 g/mol. The lowest BCUT2D eigenvalue weighted by molar-refractivity contribution is -0.140. The van der Waals surface area contributed by atoms with E-state index in [1.165, 1.54) is 6.92 Å². The second kappa shape index (κ2) is 12.6. The predicted molar refractivity (Wildman–Crippen MR) is 179 cm³/mol. The zero-order chi connectivity index (χ0) is 35.7. The Morgan fingerprint density at radius 1 is 1.18 bits per heavy atom. The number of Topliss-reactive ketones (excluding diaryl/α,β-unsaturated/α-hetero) is 1. The van der Waals surface area contributed by atoms with Gasteiger partial charge in [0, 0.05) is 48.7 Å². The minimum Gasteiger partial charge on any atom is -0.461 e. The van der Waals surface area contributed by atoms with Gasteiger partial charge in [-0.1, -0.05) is 18.1 Å². The average Bonchev–Trinajstić information content (AvgIpc) is 3.71. The van der Waals surface area contributed by atoms with Crippen LogP contribution in [0.2, 0.25) is 0 Å². The molecule has 4 aliphatic heterocycles. The summed E-state index contributed by atoms with van der Waals surface area (Å²) in [6.07, 6.45) is -1.21. The number of aromatic nitrogens is 4. The molecule has 10 nitrogen and oxygen atoms in total. The van der Waals surface area contributed by atoms with Crippen molar-refractivity contribution in [2.24, 2.45) is 5.92 Å². The molecule has 268 valence electrons. The number of carbonyl (C=O) groups is 1. The van der Waals surface area contributed by atoms with E-state index in [0.29, 0.717) is 55.4 Å². The molecule has 3 fully saturated rings. The lowest BCUT2D eigenvalue weighted by Crippen LogP contribution is -2.43. The largest absolute Gasteiger partial charge is 0.461 e. The minimum absolute atomic E-state index is 0.0407. The Labute approximate surface area is 293 Å². The standard InChI is InChI=1S/C37H39F4N7O3/c1-3-6-23-13-26(42)32(38)30(31(23)37(39,40)41)29-15-27-25(19-50-29)34(44-35(43-27)51-20-36-9-4-11-47(36)17-21(2)16-36)46-10-5-12-48-24(18-46)14-28(45-48)33(49)22-7-8-22/h13-14,22,29H,2,4-5,7-12,15-20,42H2,1H3/t29-,36+/m1/s1. The zero-order valence-corrected chi connectivity index (χ0v) is 28.4. The molecule has 8 rings (SSSR count). The highest BCUT2D eigenvalue weighted by molar-refractivity contribution is 5.97. The topological polar surface area (TPSA) is 112 Å². The van der Waals surface area contributed by atoms with E-state index in [2.05, 4.69) is 33.3 Å². The second-order valence-electron chi connectivity index (χ2n) is 14.4. The molecule has 0 amide bonds. The summed E-state index contributed by atoms with van der Waals surface area (Å²) in [7, 11) is 0. The number of nitrogens with zero attached hydrogens (tertiary/aromatic N) is 6. The predicted octanol–water partition coefficient (Wildman–Crippen LogP) is 5.77. The van der Waals surface area contributed by atoms with Crippen LogP contribution < -0.4 is 15.4 Å². The number of hydrogen-bond acceptors (Lipinski definition) is 9. The van der Waals surface area contributed by atoms with Gasteiger partial charge < -0.3 is 20.1 Å². The van der Waals surface area contributed by atoms with Crippen molar-refractivity contribution < 1.29 is 31.8 Å². The molecule has 2 aromatic heterocycles. The number of fused-ring (bicyclic) bond motifs is 3. The Hall–Kier alpha value is -4.48. The summed E-state index contributed by atoms with van der Waals surface area (Å²) in [6.45, 7) is 9.10. The number of halogens is 4. The van der Waals surface area contributed by atoms with Crippen LogP contribution in [0.15, 0.2) is 24.3 Å². The highest BCUT2D eigenvalue weighted by atomic mass is 19.4. The summed E-state index contributed by atoms with van der Waals surface area (Å²) < 4.78 is 73.8. The van der Waals surface area contributed by atoms with Crippen LogP contribution in [-0.4, -0.2) is 62.2 Å². The number of alkyl halides is 3. The average molecular weight is 706 g/mol. The van der Waals surface area contributed by atoms with Crippen molar-refractivity contribution in [1.82, 2.24) is 24.6 Å². The highest BCUT2D eigenvalue weighted by Gasteiger charge is 2.47. The first-order valence-corrected chi connectivity index (χ1v) is 17.5. The molecule has 0 spiro atoms. The number of ketones is 1. The van der Waals surface area contributed by atoms with Crippen molar-refractivity contribution in [3.05, 3.63) is 69.4 Å². The number of carbonyl (C=O) groups excluding carboxylic acids is 1. The number of ether oxygens (including phenoxy) is 2. The first-order valence-electron chi connectivity index (χ1n) is 17.5. The summed E-state index contributed by atoms with van der Waals surface area (Å²) >= 11 is 0. The van der Waals surface area contributed by atoms with E-state index in [4.69, 9.17) is 25.2 Å². The van der Waals surface area contributed by atoms with E-state index in [0.717, 1.165) is 62.5 Å². The SMILES string of the molecule is C=C1CN2CCC[C@@]2(COc2nc3c(c(N4CCCn5nc(C(=O)C6CC6)cc5C4)n2)CO[C@@H](c2c(F)c(N)cc(C#CC)c2C(F)(F)F)C3)C1. The van der Waals surface area contributed by atoms with Crippen molar-refractivity contribution >= 4 is 17.3 Å². The van der Waals surface area contributed by atoms with Gasteiger partial charge in [-0.15, -0.1) is 5.92 Å². The number of anilines is 2. The Morgan fingerprint density at radius 3 is 2.76 bits per heavy atom. The van der Waals surface area contributed by atoms with Crippen LogP contribution in [0.3, 0.4) is 0 Å². The van der Waals surface area contributed by atoms with Gasteiger partial charge in [0.2, 0.25) is 0 Å². The molecule has 1 saturated carbocycles. The maximum Gasteiger partial charge on any atom is 0.418 e. The number of aryl methyl sites for hydroxylation is 1. The van der Waals surface area contributed by atoms with Gasteiger partial charge in [0.15, 0.2) is 11.6 Å². The van der Waals surface area contributed by atoms with Gasteiger partial charge in [-0.2, -0.15) is 28.2 Å². The Bertz CT molecular complexity index is 2000. The molecular weight excluding hydrogens is 666 g/mol. The van der Waals surface area contributed by atoms with Crippen LogP contribution in [0, 0.1) is 23.6 Å². The first kappa shape index (κ1) is 33.7. The molecule has 3 aromatic rings. The summed E-state index contributed by atoms with van der Waals surface area (Å²) in [4.78, 5) is 26.9. The minimum atomic E-state index is -4.93. The van der Waals surface area contributed by atoms with Crippen LogP contribution in [0.1, 0.15) is 95.7 Å². The molecule has 1 aromatic carbocycles. The van der Waals surface area contributed by atoms with E-state index >= 15 is 4.39 Å². The van der Waals surface area contributed by atoms with Crippen LogP contribution >= 0.6 is 0 Å². The van der Waals surface area contributed by atoms with Crippen molar-refractivity contribution in [2.45, 2.75) is 89.4 Å². The summed E-state index contributed by atoms with van der Waals surface area (Å²) in [5.41, 5.74) is 6.37. The molecule has 1 aliphatic carbocycles. The molecule has 14 heteroatoms. The number of nitrogens with two attached hydrogens (primary N) is 1. The molecule has 2 atom stereocenters. The van der Waals surface area contributed by atoms with E-state index in [-0.39, 0.29) is 36.3 Å². The number of hydrogen-bond donors (Lipinski definition) is 1. The smallest absolute Gasteiger partial charge is 0.418 e. The maximum atomic E-state index is 15.7. The molecule has 0 unspecified atom stereocenters. The molecule has 0 radical (unpaired) electrons. The van der Waals surface area contributed by atoms with Gasteiger partial charge in [-0.3, -0.25) is 14.4 Å². The molecule has 51 heavy (non-hydrogen) atoms. The van der Waals surface area contributed by atoms with E-state index in [9.17, 15) is 18.0 Å².